The highest BCUT2D eigenvalue weighted by atomic mass is 32.2. The molecule has 0 spiro atoms. The summed E-state index contributed by atoms with van der Waals surface area (Å²) in [6.45, 7) is 0.172. The second-order valence-corrected chi connectivity index (χ2v) is 8.57. The second-order valence-electron chi connectivity index (χ2n) is 6.42. The lowest BCUT2D eigenvalue weighted by Gasteiger charge is -2.26. The lowest BCUT2D eigenvalue weighted by Crippen LogP contribution is -2.42. The lowest BCUT2D eigenvalue weighted by molar-refractivity contribution is -0.122. The molecule has 1 aliphatic heterocycles. The van der Waals surface area contributed by atoms with Crippen LogP contribution in [0.5, 0.6) is 11.5 Å². The van der Waals surface area contributed by atoms with Gasteiger partial charge in [-0.25, -0.2) is 12.7 Å². The molecular formula is C18H21N3O6S. The maximum Gasteiger partial charge on any atom is 0.251 e. The molecule has 0 fully saturated rings. The minimum atomic E-state index is -3.70. The number of benzene rings is 1. The Morgan fingerprint density at radius 1 is 1.21 bits per heavy atom. The number of fused-ring (bicyclic) bond motifs is 1. The fraction of sp³-hybridized carbons (Fsp3) is 0.333. The minimum Gasteiger partial charge on any atom is -0.486 e. The molecule has 0 saturated carbocycles. The predicted octanol–water partition coefficient (Wildman–Crippen LogP) is 0.0548. The number of rotatable bonds is 6. The zero-order valence-electron chi connectivity index (χ0n) is 15.5. The van der Waals surface area contributed by atoms with Crippen LogP contribution in [-0.4, -0.2) is 56.5 Å². The molecule has 2 aromatic rings. The Morgan fingerprint density at radius 3 is 2.64 bits per heavy atom. The van der Waals surface area contributed by atoms with Crippen LogP contribution in [0.2, 0.25) is 0 Å². The van der Waals surface area contributed by atoms with Crippen LogP contribution in [0.15, 0.2) is 52.3 Å². The summed E-state index contributed by atoms with van der Waals surface area (Å²) in [5.74, 6) is 0.810. The number of sulfonamides is 1. The Bertz CT molecular complexity index is 1030. The second kappa shape index (κ2) is 8.03. The monoisotopic (exact) mass is 407 g/mol. The van der Waals surface area contributed by atoms with Crippen LogP contribution < -0.4 is 20.3 Å². The summed E-state index contributed by atoms with van der Waals surface area (Å²) in [6.07, 6.45) is 0.796. The van der Waals surface area contributed by atoms with Crippen LogP contribution in [0.4, 0.5) is 0 Å². The summed E-state index contributed by atoms with van der Waals surface area (Å²) in [4.78, 5) is 24.1. The Balaban J connectivity index is 1.62. The Kier molecular flexibility index (Phi) is 5.71. The average Bonchev–Trinajstić information content (AvgIpc) is 2.67. The van der Waals surface area contributed by atoms with Gasteiger partial charge in [0.1, 0.15) is 19.3 Å². The summed E-state index contributed by atoms with van der Waals surface area (Å²) < 4.78 is 37.8. The van der Waals surface area contributed by atoms with Gasteiger partial charge >= 0.3 is 0 Å². The van der Waals surface area contributed by atoms with Crippen molar-refractivity contribution in [1.82, 2.24) is 14.2 Å². The average molecular weight is 407 g/mol. The lowest BCUT2D eigenvalue weighted by atomic mass is 10.2. The van der Waals surface area contributed by atoms with E-state index in [1.807, 2.05) is 12.1 Å². The van der Waals surface area contributed by atoms with Crippen molar-refractivity contribution in [2.45, 2.75) is 17.5 Å². The van der Waals surface area contributed by atoms with Crippen molar-refractivity contribution in [3.05, 3.63) is 52.9 Å². The molecule has 0 radical (unpaired) electrons. The van der Waals surface area contributed by atoms with E-state index in [-0.39, 0.29) is 30.7 Å². The van der Waals surface area contributed by atoms with E-state index < -0.39 is 21.5 Å². The highest BCUT2D eigenvalue weighted by Gasteiger charge is 2.22. The van der Waals surface area contributed by atoms with Gasteiger partial charge in [0.15, 0.2) is 11.5 Å². The predicted molar refractivity (Wildman–Crippen MR) is 101 cm³/mol. The number of ether oxygens (including phenoxy) is 2. The first-order chi connectivity index (χ1) is 13.3. The molecule has 1 atom stereocenters. The van der Waals surface area contributed by atoms with Crippen LogP contribution in [0.3, 0.4) is 0 Å². The number of para-hydroxylation sites is 2. The minimum absolute atomic E-state index is 0.0643. The number of hydrogen-bond donors (Lipinski definition) is 1. The van der Waals surface area contributed by atoms with Crippen molar-refractivity contribution >= 4 is 15.9 Å². The van der Waals surface area contributed by atoms with E-state index in [1.54, 1.807) is 12.1 Å². The third kappa shape index (κ3) is 4.34. The molecule has 2 heterocycles. The fourth-order valence-electron chi connectivity index (χ4n) is 2.60. The molecule has 150 valence electrons. The Morgan fingerprint density at radius 2 is 1.93 bits per heavy atom. The van der Waals surface area contributed by atoms with Gasteiger partial charge in [-0.05, 0) is 18.2 Å². The van der Waals surface area contributed by atoms with E-state index in [0.717, 1.165) is 21.1 Å². The number of carbonyl (C=O) groups is 1. The Hall–Kier alpha value is -2.85. The van der Waals surface area contributed by atoms with Crippen molar-refractivity contribution in [2.24, 2.45) is 0 Å². The normalized spacial score (nSPS) is 16.0. The summed E-state index contributed by atoms with van der Waals surface area (Å²) in [6, 6.07) is 9.58. The van der Waals surface area contributed by atoms with E-state index in [0.29, 0.717) is 11.5 Å². The fourth-order valence-corrected chi connectivity index (χ4v) is 3.52. The number of pyridine rings is 1. The van der Waals surface area contributed by atoms with Gasteiger partial charge in [-0.3, -0.25) is 9.59 Å². The molecule has 1 aliphatic rings. The number of nitrogens with one attached hydrogen (secondary N) is 1. The molecule has 0 saturated heterocycles. The highest BCUT2D eigenvalue weighted by Crippen LogP contribution is 2.30. The van der Waals surface area contributed by atoms with Gasteiger partial charge in [0.2, 0.25) is 15.9 Å². The van der Waals surface area contributed by atoms with Crippen molar-refractivity contribution in [1.29, 1.82) is 0 Å². The standard InChI is InChI=1S/C18H21N3O6S/c1-20(2)28(24,25)14-7-8-18(23)21(10-14)11-17(22)19-9-13-12-26-15-5-3-4-6-16(15)27-13/h3-8,10,13H,9,11-12H2,1-2H3,(H,19,22)/t13-/m1/s1. The molecule has 0 unspecified atom stereocenters. The van der Waals surface area contributed by atoms with Crippen molar-refractivity contribution < 1.29 is 22.7 Å². The van der Waals surface area contributed by atoms with E-state index in [4.69, 9.17) is 9.47 Å². The summed E-state index contributed by atoms with van der Waals surface area (Å²) in [5.41, 5.74) is -0.473. The SMILES string of the molecule is CN(C)S(=O)(=O)c1ccc(=O)n(CC(=O)NC[C@@H]2COc3ccccc3O2)c1. The zero-order valence-corrected chi connectivity index (χ0v) is 16.3. The van der Waals surface area contributed by atoms with E-state index in [2.05, 4.69) is 5.32 Å². The molecule has 10 heteroatoms. The number of aromatic nitrogens is 1. The van der Waals surface area contributed by atoms with Gasteiger partial charge in [-0.1, -0.05) is 12.1 Å². The van der Waals surface area contributed by atoms with Crippen LogP contribution in [0, 0.1) is 0 Å². The number of carbonyl (C=O) groups excluding carboxylic acids is 1. The summed E-state index contributed by atoms with van der Waals surface area (Å²) >= 11 is 0. The molecule has 0 aliphatic carbocycles. The van der Waals surface area contributed by atoms with Gasteiger partial charge in [0.05, 0.1) is 11.4 Å². The molecular weight excluding hydrogens is 386 g/mol. The smallest absolute Gasteiger partial charge is 0.251 e. The zero-order chi connectivity index (χ0) is 20.3. The van der Waals surface area contributed by atoms with Crippen molar-refractivity contribution in [3.63, 3.8) is 0 Å². The third-order valence-electron chi connectivity index (χ3n) is 4.14. The van der Waals surface area contributed by atoms with Crippen LogP contribution in [-0.2, 0) is 21.4 Å². The molecule has 0 bridgehead atoms. The van der Waals surface area contributed by atoms with Gasteiger partial charge in [0.25, 0.3) is 5.56 Å². The maximum absolute atomic E-state index is 12.2. The molecule has 3 rings (SSSR count). The molecule has 1 aromatic heterocycles. The van der Waals surface area contributed by atoms with Crippen molar-refractivity contribution in [2.75, 3.05) is 27.2 Å². The number of amides is 1. The number of nitrogens with zero attached hydrogens (tertiary/aromatic N) is 2. The van der Waals surface area contributed by atoms with Gasteiger partial charge < -0.3 is 19.4 Å². The van der Waals surface area contributed by atoms with Gasteiger partial charge in [-0.2, -0.15) is 0 Å². The molecule has 1 N–H and O–H groups in total. The summed E-state index contributed by atoms with van der Waals surface area (Å²) in [7, 11) is -0.923. The number of hydrogen-bond acceptors (Lipinski definition) is 6. The first-order valence-electron chi connectivity index (χ1n) is 8.55. The van der Waals surface area contributed by atoms with E-state index in [1.165, 1.54) is 20.2 Å². The molecule has 9 nitrogen and oxygen atoms in total. The highest BCUT2D eigenvalue weighted by molar-refractivity contribution is 7.89. The van der Waals surface area contributed by atoms with Crippen LogP contribution >= 0.6 is 0 Å². The van der Waals surface area contributed by atoms with Gasteiger partial charge in [-0.15, -0.1) is 0 Å². The first kappa shape index (κ1) is 19.9. The van der Waals surface area contributed by atoms with Gasteiger partial charge in [0, 0.05) is 26.4 Å². The third-order valence-corrected chi connectivity index (χ3v) is 5.94. The molecule has 28 heavy (non-hydrogen) atoms. The summed E-state index contributed by atoms with van der Waals surface area (Å²) in [5, 5.41) is 2.68. The first-order valence-corrected chi connectivity index (χ1v) is 9.99. The largest absolute Gasteiger partial charge is 0.486 e. The van der Waals surface area contributed by atoms with E-state index >= 15 is 0 Å². The van der Waals surface area contributed by atoms with E-state index in [9.17, 15) is 18.0 Å². The maximum atomic E-state index is 12.2. The van der Waals surface area contributed by atoms with Crippen molar-refractivity contribution in [3.8, 4) is 11.5 Å². The Labute approximate surface area is 162 Å². The quantitative estimate of drug-likeness (QED) is 0.725. The molecule has 1 amide bonds. The van der Waals surface area contributed by atoms with Crippen LogP contribution in [0.1, 0.15) is 0 Å². The van der Waals surface area contributed by atoms with Crippen LogP contribution in [0.25, 0.3) is 0 Å². The topological polar surface area (TPSA) is 107 Å². The molecule has 1 aromatic carbocycles.